The molecule has 4 aromatic rings. The van der Waals surface area contributed by atoms with Crippen LogP contribution in [0.15, 0.2) is 78.1 Å². The first kappa shape index (κ1) is 18.9. The molecule has 6 nitrogen and oxygen atoms in total. The van der Waals surface area contributed by atoms with E-state index in [1.807, 2.05) is 60.8 Å². The van der Waals surface area contributed by atoms with Crippen LogP contribution in [0.4, 0.5) is 5.69 Å². The van der Waals surface area contributed by atoms with E-state index in [0.29, 0.717) is 11.0 Å². The number of rotatable bonds is 4. The fraction of sp³-hybridized carbons (Fsp3) is 0.0909. The molecule has 0 aliphatic rings. The summed E-state index contributed by atoms with van der Waals surface area (Å²) < 4.78 is 25.8. The van der Waals surface area contributed by atoms with Gasteiger partial charge in [0, 0.05) is 28.2 Å². The topological polar surface area (TPSA) is 80.6 Å². The van der Waals surface area contributed by atoms with Gasteiger partial charge in [0.25, 0.3) is 0 Å². The first-order valence-corrected chi connectivity index (χ1v) is 10.8. The molecule has 0 saturated carbocycles. The zero-order valence-electron chi connectivity index (χ0n) is 16.0. The molecular formula is C22H19N3O3S. The summed E-state index contributed by atoms with van der Waals surface area (Å²) in [5, 5.41) is 7.29. The van der Waals surface area contributed by atoms with Gasteiger partial charge in [-0.3, -0.25) is 9.71 Å². The van der Waals surface area contributed by atoms with Crippen LogP contribution in [0, 0.1) is 0 Å². The Labute approximate surface area is 168 Å². The average molecular weight is 405 g/mol. The van der Waals surface area contributed by atoms with E-state index in [2.05, 4.69) is 14.9 Å². The highest BCUT2D eigenvalue weighted by Gasteiger charge is 2.08. The Kier molecular flexibility index (Phi) is 4.90. The molecule has 0 spiro atoms. The number of fused-ring (bicyclic) bond motifs is 2. The maximum atomic E-state index is 11.7. The summed E-state index contributed by atoms with van der Waals surface area (Å²) in [6.45, 7) is 0. The van der Waals surface area contributed by atoms with Gasteiger partial charge in [0.05, 0.1) is 11.8 Å². The second kappa shape index (κ2) is 7.52. The lowest BCUT2D eigenvalue weighted by molar-refractivity contribution is 0.202. The average Bonchev–Trinajstić information content (AvgIpc) is 2.85. The van der Waals surface area contributed by atoms with Gasteiger partial charge in [-0.05, 0) is 35.2 Å². The molecule has 3 aromatic carbocycles. The van der Waals surface area contributed by atoms with Crippen LogP contribution >= 0.6 is 0 Å². The van der Waals surface area contributed by atoms with E-state index in [4.69, 9.17) is 4.84 Å². The van der Waals surface area contributed by atoms with Crippen molar-refractivity contribution in [3.05, 3.63) is 78.3 Å². The smallest absolute Gasteiger partial charge is 0.229 e. The molecule has 7 heteroatoms. The van der Waals surface area contributed by atoms with Gasteiger partial charge >= 0.3 is 0 Å². The maximum Gasteiger partial charge on any atom is 0.229 e. The molecule has 1 aromatic heterocycles. The molecule has 0 aliphatic heterocycles. The summed E-state index contributed by atoms with van der Waals surface area (Å²) in [5.74, 6) is 0. The minimum atomic E-state index is -3.40. The molecule has 0 aliphatic carbocycles. The zero-order chi connectivity index (χ0) is 20.4. The Bertz CT molecular complexity index is 1390. The van der Waals surface area contributed by atoms with Crippen molar-refractivity contribution in [1.29, 1.82) is 0 Å². The molecule has 0 atom stereocenters. The van der Waals surface area contributed by atoms with Gasteiger partial charge < -0.3 is 4.84 Å². The van der Waals surface area contributed by atoms with Gasteiger partial charge in [-0.2, -0.15) is 0 Å². The number of sulfonamides is 1. The first-order chi connectivity index (χ1) is 13.9. The number of anilines is 1. The number of hydrogen-bond donors (Lipinski definition) is 1. The molecule has 0 radical (unpaired) electrons. The van der Waals surface area contributed by atoms with E-state index in [9.17, 15) is 8.42 Å². The van der Waals surface area contributed by atoms with Crippen LogP contribution in [0.1, 0.15) is 0 Å². The normalized spacial score (nSPS) is 12.3. The highest BCUT2D eigenvalue weighted by Crippen LogP contribution is 2.23. The van der Waals surface area contributed by atoms with Crippen LogP contribution in [-0.4, -0.2) is 26.8 Å². The predicted octanol–water partition coefficient (Wildman–Crippen LogP) is 3.89. The second-order valence-corrected chi connectivity index (χ2v) is 8.40. The van der Waals surface area contributed by atoms with Crippen LogP contribution in [0.2, 0.25) is 0 Å². The van der Waals surface area contributed by atoms with E-state index >= 15 is 0 Å². The van der Waals surface area contributed by atoms with Crippen molar-refractivity contribution in [2.45, 2.75) is 0 Å². The molecule has 1 N–H and O–H groups in total. The van der Waals surface area contributed by atoms with Crippen molar-refractivity contribution >= 4 is 37.4 Å². The summed E-state index contributed by atoms with van der Waals surface area (Å²) in [5.41, 5.74) is 3.21. The lowest BCUT2D eigenvalue weighted by atomic mass is 10.1. The monoisotopic (exact) mass is 405 g/mol. The van der Waals surface area contributed by atoms with Crippen LogP contribution in [0.3, 0.4) is 0 Å². The lowest BCUT2D eigenvalue weighted by Gasteiger charge is -2.05. The predicted molar refractivity (Wildman–Crippen MR) is 116 cm³/mol. The summed E-state index contributed by atoms with van der Waals surface area (Å²) in [6, 6.07) is 21.1. The first-order valence-electron chi connectivity index (χ1n) is 8.92. The molecule has 1 heterocycles. The molecule has 0 fully saturated rings. The largest absolute Gasteiger partial charge is 0.399 e. The van der Waals surface area contributed by atoms with Crippen molar-refractivity contribution in [3.8, 4) is 11.1 Å². The summed E-state index contributed by atoms with van der Waals surface area (Å²) in [6.07, 6.45) is 2.95. The van der Waals surface area contributed by atoms with E-state index in [-0.39, 0.29) is 0 Å². The van der Waals surface area contributed by atoms with Gasteiger partial charge in [0.1, 0.15) is 12.5 Å². The van der Waals surface area contributed by atoms with Gasteiger partial charge in [-0.1, -0.05) is 47.6 Å². The minimum Gasteiger partial charge on any atom is -0.399 e. The Morgan fingerprint density at radius 1 is 0.931 bits per heavy atom. The molecule has 0 amide bonds. The van der Waals surface area contributed by atoms with E-state index < -0.39 is 10.0 Å². The van der Waals surface area contributed by atoms with Gasteiger partial charge in [0.15, 0.2) is 0 Å². The molecule has 0 unspecified atom stereocenters. The summed E-state index contributed by atoms with van der Waals surface area (Å²) >= 11 is 0. The Morgan fingerprint density at radius 3 is 2.41 bits per heavy atom. The lowest BCUT2D eigenvalue weighted by Crippen LogP contribution is -2.10. The van der Waals surface area contributed by atoms with E-state index in [1.165, 1.54) is 7.11 Å². The van der Waals surface area contributed by atoms with Crippen LogP contribution in [0.25, 0.3) is 32.8 Å². The van der Waals surface area contributed by atoms with E-state index in [1.54, 1.807) is 12.1 Å². The summed E-state index contributed by atoms with van der Waals surface area (Å²) in [7, 11) is -1.91. The zero-order valence-corrected chi connectivity index (χ0v) is 16.8. The quantitative estimate of drug-likeness (QED) is 0.523. The SMILES string of the molecule is CON=c1c2cc(NS(C)(=O)=O)ccc2ccc2ncc(-c3ccccc3)cc12. The van der Waals surface area contributed by atoms with Crippen molar-refractivity contribution in [3.63, 3.8) is 0 Å². The molecule has 4 rings (SSSR count). The fourth-order valence-corrected chi connectivity index (χ4v) is 3.83. The van der Waals surface area contributed by atoms with Crippen LogP contribution < -0.4 is 10.1 Å². The highest BCUT2D eigenvalue weighted by molar-refractivity contribution is 7.92. The Morgan fingerprint density at radius 2 is 1.69 bits per heavy atom. The number of nitrogens with zero attached hydrogens (tertiary/aromatic N) is 2. The van der Waals surface area contributed by atoms with E-state index in [0.717, 1.165) is 39.1 Å². The molecular weight excluding hydrogens is 386 g/mol. The maximum absolute atomic E-state index is 11.7. The van der Waals surface area contributed by atoms with Crippen molar-refractivity contribution in [2.24, 2.45) is 5.16 Å². The number of nitrogens with one attached hydrogen (secondary N) is 1. The Hall–Kier alpha value is -3.45. The second-order valence-electron chi connectivity index (χ2n) is 6.65. The molecule has 0 bridgehead atoms. The number of pyridine rings is 1. The minimum absolute atomic E-state index is 0.457. The van der Waals surface area contributed by atoms with Gasteiger partial charge in [-0.25, -0.2) is 8.42 Å². The number of aromatic nitrogens is 1. The molecule has 146 valence electrons. The van der Waals surface area contributed by atoms with Crippen LogP contribution in [-0.2, 0) is 14.9 Å². The van der Waals surface area contributed by atoms with Crippen molar-refractivity contribution in [1.82, 2.24) is 4.98 Å². The third-order valence-corrected chi connectivity index (χ3v) is 5.10. The number of benzene rings is 2. The highest BCUT2D eigenvalue weighted by atomic mass is 32.2. The molecule has 0 saturated heterocycles. The van der Waals surface area contributed by atoms with Crippen molar-refractivity contribution < 1.29 is 13.3 Å². The molecule has 29 heavy (non-hydrogen) atoms. The van der Waals surface area contributed by atoms with Crippen molar-refractivity contribution in [2.75, 3.05) is 18.1 Å². The van der Waals surface area contributed by atoms with Gasteiger partial charge in [-0.15, -0.1) is 0 Å². The van der Waals surface area contributed by atoms with Gasteiger partial charge in [0.2, 0.25) is 10.0 Å². The fourth-order valence-electron chi connectivity index (χ4n) is 3.27. The summed E-state index contributed by atoms with van der Waals surface area (Å²) in [4.78, 5) is 9.75. The third-order valence-electron chi connectivity index (χ3n) is 4.50. The van der Waals surface area contributed by atoms with Crippen LogP contribution in [0.5, 0.6) is 0 Å². The standard InChI is InChI=1S/C22H19N3O3S/c1-28-24-22-19-13-18(25-29(2,26)27)10-8-16(19)9-11-21-20(22)12-17(14-23-21)15-6-4-3-5-7-15/h3-14,25H,1-2H3. The number of hydrogen-bond acceptors (Lipinski definition) is 5. The third kappa shape index (κ3) is 4.05. The Balaban J connectivity index is 2.07.